The smallest absolute Gasteiger partial charge is 0.0782 e. The van der Waals surface area contributed by atoms with E-state index >= 15 is 0 Å². The Balaban J connectivity index is 3.95. The zero-order valence-corrected chi connectivity index (χ0v) is 8.04. The first kappa shape index (κ1) is 11.4. The third kappa shape index (κ3) is 5.10. The zero-order valence-electron chi connectivity index (χ0n) is 8.04. The van der Waals surface area contributed by atoms with E-state index in [0.29, 0.717) is 6.42 Å². The molecule has 0 saturated carbocycles. The van der Waals surface area contributed by atoms with Crippen LogP contribution in [0.15, 0.2) is 23.3 Å². The molecule has 2 heteroatoms. The van der Waals surface area contributed by atoms with Crippen molar-refractivity contribution in [1.82, 2.24) is 0 Å². The first-order valence-corrected chi connectivity index (χ1v) is 4.17. The maximum absolute atomic E-state index is 9.47. The van der Waals surface area contributed by atoms with Crippen LogP contribution in [-0.4, -0.2) is 22.9 Å². The average Bonchev–Trinajstić information content (AvgIpc) is 2.00. The highest BCUT2D eigenvalue weighted by Gasteiger charge is 2.02. The lowest BCUT2D eigenvalue weighted by Crippen LogP contribution is -2.07. The van der Waals surface area contributed by atoms with E-state index in [4.69, 9.17) is 5.11 Å². The number of allylic oxidation sites excluding steroid dienone is 1. The van der Waals surface area contributed by atoms with Gasteiger partial charge in [-0.05, 0) is 32.8 Å². The molecule has 70 valence electrons. The number of hydrogen-bond donors (Lipinski definition) is 2. The number of aliphatic hydroxyl groups excluding tert-OH is 2. The number of hydrogen-bond acceptors (Lipinski definition) is 2. The van der Waals surface area contributed by atoms with Gasteiger partial charge in [0, 0.05) is 0 Å². The molecule has 0 amide bonds. The second-order valence-corrected chi connectivity index (χ2v) is 3.16. The van der Waals surface area contributed by atoms with E-state index in [2.05, 4.69) is 0 Å². The summed E-state index contributed by atoms with van der Waals surface area (Å²) in [4.78, 5) is 0. The van der Waals surface area contributed by atoms with E-state index in [-0.39, 0.29) is 6.61 Å². The molecule has 0 rings (SSSR count). The van der Waals surface area contributed by atoms with Crippen LogP contribution in [0.1, 0.15) is 27.2 Å². The van der Waals surface area contributed by atoms with Crippen molar-refractivity contribution >= 4 is 0 Å². The summed E-state index contributed by atoms with van der Waals surface area (Å²) in [5.41, 5.74) is 2.03. The van der Waals surface area contributed by atoms with Gasteiger partial charge in [0.1, 0.15) is 0 Å². The maximum Gasteiger partial charge on any atom is 0.0782 e. The standard InChI is InChI=1S/C10H18O2/c1-8(2)4-5-10(12)9(3)6-7-11/h4,6,10-12H,5,7H2,1-3H3/b9-6+/t10-/m1/s1. The van der Waals surface area contributed by atoms with E-state index in [0.717, 1.165) is 5.57 Å². The molecule has 0 heterocycles. The Morgan fingerprint density at radius 2 is 1.83 bits per heavy atom. The van der Waals surface area contributed by atoms with Crippen LogP contribution in [-0.2, 0) is 0 Å². The van der Waals surface area contributed by atoms with Gasteiger partial charge in [-0.25, -0.2) is 0 Å². The van der Waals surface area contributed by atoms with Gasteiger partial charge in [0.2, 0.25) is 0 Å². The quantitative estimate of drug-likeness (QED) is 0.630. The average molecular weight is 170 g/mol. The third-order valence-electron chi connectivity index (χ3n) is 1.69. The molecule has 0 aromatic rings. The minimum Gasteiger partial charge on any atom is -0.392 e. The van der Waals surface area contributed by atoms with Crippen molar-refractivity contribution in [3.05, 3.63) is 23.3 Å². The van der Waals surface area contributed by atoms with Crippen LogP contribution >= 0.6 is 0 Å². The molecule has 0 aliphatic heterocycles. The van der Waals surface area contributed by atoms with Crippen LogP contribution in [0.3, 0.4) is 0 Å². The third-order valence-corrected chi connectivity index (χ3v) is 1.69. The van der Waals surface area contributed by atoms with Crippen molar-refractivity contribution in [3.63, 3.8) is 0 Å². The van der Waals surface area contributed by atoms with Crippen LogP contribution in [0.25, 0.3) is 0 Å². The molecule has 0 spiro atoms. The first-order chi connectivity index (χ1) is 5.57. The summed E-state index contributed by atoms with van der Waals surface area (Å²) in [6, 6.07) is 0. The topological polar surface area (TPSA) is 40.5 Å². The largest absolute Gasteiger partial charge is 0.392 e. The first-order valence-electron chi connectivity index (χ1n) is 4.17. The minimum atomic E-state index is -0.452. The van der Waals surface area contributed by atoms with Gasteiger partial charge in [0.05, 0.1) is 12.7 Å². The van der Waals surface area contributed by atoms with E-state index in [1.807, 2.05) is 26.8 Å². The Bertz CT molecular complexity index is 176. The summed E-state index contributed by atoms with van der Waals surface area (Å²) in [7, 11) is 0. The fourth-order valence-electron chi connectivity index (χ4n) is 0.813. The van der Waals surface area contributed by atoms with Crippen LogP contribution < -0.4 is 0 Å². The SMILES string of the molecule is CC(C)=CC[C@@H](O)/C(C)=C/CO. The predicted octanol–water partition coefficient (Wildman–Crippen LogP) is 1.64. The highest BCUT2D eigenvalue weighted by molar-refractivity contribution is 5.08. The summed E-state index contributed by atoms with van der Waals surface area (Å²) in [6.07, 6.45) is 3.79. The molecule has 2 nitrogen and oxygen atoms in total. The van der Waals surface area contributed by atoms with Crippen molar-refractivity contribution in [2.45, 2.75) is 33.3 Å². The van der Waals surface area contributed by atoms with Gasteiger partial charge < -0.3 is 10.2 Å². The second kappa shape index (κ2) is 5.98. The molecular weight excluding hydrogens is 152 g/mol. The fourth-order valence-corrected chi connectivity index (χ4v) is 0.813. The molecule has 12 heavy (non-hydrogen) atoms. The second-order valence-electron chi connectivity index (χ2n) is 3.16. The van der Waals surface area contributed by atoms with Gasteiger partial charge in [0.25, 0.3) is 0 Å². The molecule has 0 aliphatic carbocycles. The lowest BCUT2D eigenvalue weighted by atomic mass is 10.1. The molecule has 0 fully saturated rings. The molecule has 0 unspecified atom stereocenters. The minimum absolute atomic E-state index is 0.00227. The molecule has 0 aliphatic rings. The Morgan fingerprint density at radius 1 is 1.25 bits per heavy atom. The molecule has 0 aromatic carbocycles. The van der Waals surface area contributed by atoms with E-state index in [1.54, 1.807) is 6.08 Å². The molecule has 0 radical (unpaired) electrons. The molecular formula is C10H18O2. The van der Waals surface area contributed by atoms with Gasteiger partial charge in [-0.15, -0.1) is 0 Å². The summed E-state index contributed by atoms with van der Waals surface area (Å²) >= 11 is 0. The molecule has 0 bridgehead atoms. The van der Waals surface area contributed by atoms with Gasteiger partial charge in [-0.1, -0.05) is 17.7 Å². The molecule has 2 N–H and O–H groups in total. The van der Waals surface area contributed by atoms with Gasteiger partial charge in [-0.3, -0.25) is 0 Å². The lowest BCUT2D eigenvalue weighted by Gasteiger charge is -2.08. The van der Waals surface area contributed by atoms with Gasteiger partial charge in [0.15, 0.2) is 0 Å². The van der Waals surface area contributed by atoms with Crippen molar-refractivity contribution < 1.29 is 10.2 Å². The summed E-state index contributed by atoms with van der Waals surface area (Å²) in [5.74, 6) is 0. The highest BCUT2D eigenvalue weighted by Crippen LogP contribution is 2.07. The van der Waals surface area contributed by atoms with E-state index in [1.165, 1.54) is 5.57 Å². The Hall–Kier alpha value is -0.600. The Morgan fingerprint density at radius 3 is 2.25 bits per heavy atom. The van der Waals surface area contributed by atoms with Crippen molar-refractivity contribution in [3.8, 4) is 0 Å². The normalized spacial score (nSPS) is 14.2. The maximum atomic E-state index is 9.47. The predicted molar refractivity (Wildman–Crippen MR) is 50.9 cm³/mol. The zero-order chi connectivity index (χ0) is 9.56. The number of rotatable bonds is 4. The summed E-state index contributed by atoms with van der Waals surface area (Å²) in [5, 5.41) is 18.0. The Labute approximate surface area is 74.2 Å². The molecule has 0 saturated heterocycles. The van der Waals surface area contributed by atoms with Crippen molar-refractivity contribution in [2.24, 2.45) is 0 Å². The van der Waals surface area contributed by atoms with E-state index < -0.39 is 6.10 Å². The van der Waals surface area contributed by atoms with Crippen LogP contribution in [0.5, 0.6) is 0 Å². The van der Waals surface area contributed by atoms with Crippen LogP contribution in [0, 0.1) is 0 Å². The monoisotopic (exact) mass is 170 g/mol. The molecule has 1 atom stereocenters. The van der Waals surface area contributed by atoms with Gasteiger partial charge in [-0.2, -0.15) is 0 Å². The highest BCUT2D eigenvalue weighted by atomic mass is 16.3. The van der Waals surface area contributed by atoms with Crippen molar-refractivity contribution in [2.75, 3.05) is 6.61 Å². The number of aliphatic hydroxyl groups is 2. The van der Waals surface area contributed by atoms with Gasteiger partial charge >= 0.3 is 0 Å². The fraction of sp³-hybridized carbons (Fsp3) is 0.600. The molecule has 0 aromatic heterocycles. The van der Waals surface area contributed by atoms with Crippen LogP contribution in [0.2, 0.25) is 0 Å². The Kier molecular flexibility index (Phi) is 5.68. The van der Waals surface area contributed by atoms with Crippen molar-refractivity contribution in [1.29, 1.82) is 0 Å². The van der Waals surface area contributed by atoms with Crippen LogP contribution in [0.4, 0.5) is 0 Å². The van der Waals surface area contributed by atoms with E-state index in [9.17, 15) is 5.11 Å². The summed E-state index contributed by atoms with van der Waals surface area (Å²) < 4.78 is 0. The lowest BCUT2D eigenvalue weighted by molar-refractivity contribution is 0.212. The summed E-state index contributed by atoms with van der Waals surface area (Å²) in [6.45, 7) is 5.81.